The second-order valence-electron chi connectivity index (χ2n) is 6.58. The van der Waals surface area contributed by atoms with Gasteiger partial charge in [-0.25, -0.2) is 9.98 Å². The van der Waals surface area contributed by atoms with E-state index in [-0.39, 0.29) is 12.5 Å². The normalized spacial score (nSPS) is 14.0. The Labute approximate surface area is 159 Å². The molecule has 0 unspecified atom stereocenters. The Bertz CT molecular complexity index is 808. The molecule has 7 nitrogen and oxygen atoms in total. The standard InChI is InChI=1S/C20H27N5O2/c1-4-21-20(22-12-18-24-14(2)15(3)27-18)23-13-19(26)25-11-7-9-16-8-5-6-10-17(16)25/h5-6,8,10H,4,7,9,11-13H2,1-3H3,(H2,21,22,23). The summed E-state index contributed by atoms with van der Waals surface area (Å²) in [6.45, 7) is 7.74. The number of hydrogen-bond acceptors (Lipinski definition) is 4. The number of carbonyl (C=O) groups excluding carboxylic acids is 1. The third-order valence-corrected chi connectivity index (χ3v) is 4.61. The monoisotopic (exact) mass is 369 g/mol. The first-order chi connectivity index (χ1) is 13.1. The van der Waals surface area contributed by atoms with E-state index in [1.807, 2.05) is 43.9 Å². The molecule has 0 spiro atoms. The second kappa shape index (κ2) is 8.70. The van der Waals surface area contributed by atoms with Crippen molar-refractivity contribution in [3.05, 3.63) is 47.2 Å². The number of carbonyl (C=O) groups is 1. The summed E-state index contributed by atoms with van der Waals surface area (Å²) in [5.41, 5.74) is 3.11. The molecule has 2 N–H and O–H groups in total. The van der Waals surface area contributed by atoms with Gasteiger partial charge in [0.25, 0.3) is 0 Å². The highest BCUT2D eigenvalue weighted by molar-refractivity contribution is 5.97. The Morgan fingerprint density at radius 2 is 2.11 bits per heavy atom. The Morgan fingerprint density at radius 3 is 2.85 bits per heavy atom. The fourth-order valence-corrected chi connectivity index (χ4v) is 3.14. The number of benzene rings is 1. The number of amides is 1. The van der Waals surface area contributed by atoms with E-state index in [0.717, 1.165) is 36.5 Å². The van der Waals surface area contributed by atoms with E-state index >= 15 is 0 Å². The first-order valence-corrected chi connectivity index (χ1v) is 9.42. The molecule has 0 bridgehead atoms. The number of rotatable bonds is 5. The lowest BCUT2D eigenvalue weighted by Gasteiger charge is -2.29. The summed E-state index contributed by atoms with van der Waals surface area (Å²) in [7, 11) is 0. The molecule has 7 heteroatoms. The molecule has 144 valence electrons. The molecule has 1 aromatic carbocycles. The van der Waals surface area contributed by atoms with Crippen LogP contribution in [-0.2, 0) is 17.8 Å². The molecule has 27 heavy (non-hydrogen) atoms. The molecular weight excluding hydrogens is 342 g/mol. The number of aliphatic imine (C=N–C) groups is 1. The van der Waals surface area contributed by atoms with Gasteiger partial charge in [-0.3, -0.25) is 4.79 Å². The maximum Gasteiger partial charge on any atom is 0.248 e. The van der Waals surface area contributed by atoms with E-state index in [9.17, 15) is 4.79 Å². The Kier molecular flexibility index (Phi) is 6.11. The van der Waals surface area contributed by atoms with Crippen molar-refractivity contribution in [2.75, 3.05) is 24.5 Å². The number of nitrogens with zero attached hydrogens (tertiary/aromatic N) is 3. The van der Waals surface area contributed by atoms with Gasteiger partial charge in [-0.1, -0.05) is 18.2 Å². The fraction of sp³-hybridized carbons (Fsp3) is 0.450. The lowest BCUT2D eigenvalue weighted by atomic mass is 10.0. The van der Waals surface area contributed by atoms with Crippen molar-refractivity contribution in [3.63, 3.8) is 0 Å². The quantitative estimate of drug-likeness (QED) is 0.624. The third-order valence-electron chi connectivity index (χ3n) is 4.61. The van der Waals surface area contributed by atoms with Gasteiger partial charge in [-0.2, -0.15) is 0 Å². The minimum atomic E-state index is 0.00201. The summed E-state index contributed by atoms with van der Waals surface area (Å²) in [6, 6.07) is 8.08. The summed E-state index contributed by atoms with van der Waals surface area (Å²) in [4.78, 5) is 23.4. The predicted octanol–water partition coefficient (Wildman–Crippen LogP) is 2.33. The smallest absolute Gasteiger partial charge is 0.248 e. The van der Waals surface area contributed by atoms with Crippen LogP contribution in [-0.4, -0.2) is 36.5 Å². The molecule has 0 aliphatic carbocycles. The van der Waals surface area contributed by atoms with Crippen molar-refractivity contribution in [2.24, 2.45) is 4.99 Å². The number of nitrogens with one attached hydrogen (secondary N) is 2. The number of fused-ring (bicyclic) bond motifs is 1. The van der Waals surface area contributed by atoms with Crippen LogP contribution in [0.4, 0.5) is 5.69 Å². The summed E-state index contributed by atoms with van der Waals surface area (Å²) in [6.07, 6.45) is 2.00. The van der Waals surface area contributed by atoms with Gasteiger partial charge in [0.05, 0.1) is 12.2 Å². The lowest BCUT2D eigenvalue weighted by Crippen LogP contribution is -2.40. The second-order valence-corrected chi connectivity index (χ2v) is 6.58. The maximum atomic E-state index is 12.7. The number of para-hydroxylation sites is 1. The number of hydrogen-bond donors (Lipinski definition) is 2. The highest BCUT2D eigenvalue weighted by Gasteiger charge is 2.21. The maximum absolute atomic E-state index is 12.7. The van der Waals surface area contributed by atoms with Crippen LogP contribution in [0.5, 0.6) is 0 Å². The zero-order valence-electron chi connectivity index (χ0n) is 16.2. The number of anilines is 1. The highest BCUT2D eigenvalue weighted by Crippen LogP contribution is 2.26. The minimum Gasteiger partial charge on any atom is -0.444 e. The van der Waals surface area contributed by atoms with Crippen molar-refractivity contribution in [2.45, 2.75) is 40.2 Å². The van der Waals surface area contributed by atoms with Crippen LogP contribution in [0.2, 0.25) is 0 Å². The van der Waals surface area contributed by atoms with Crippen molar-refractivity contribution in [1.29, 1.82) is 0 Å². The zero-order chi connectivity index (χ0) is 19.2. The number of aromatic nitrogens is 1. The lowest BCUT2D eigenvalue weighted by molar-refractivity contribution is -0.117. The van der Waals surface area contributed by atoms with Gasteiger partial charge in [0, 0.05) is 18.8 Å². The molecule has 1 amide bonds. The average Bonchev–Trinajstić information content (AvgIpc) is 3.01. The van der Waals surface area contributed by atoms with Crippen LogP contribution in [0.15, 0.2) is 33.7 Å². The summed E-state index contributed by atoms with van der Waals surface area (Å²) >= 11 is 0. The largest absolute Gasteiger partial charge is 0.444 e. The van der Waals surface area contributed by atoms with Gasteiger partial charge >= 0.3 is 0 Å². The van der Waals surface area contributed by atoms with Gasteiger partial charge < -0.3 is 20.0 Å². The van der Waals surface area contributed by atoms with E-state index in [2.05, 4.69) is 26.7 Å². The Hall–Kier alpha value is -2.83. The van der Waals surface area contributed by atoms with Gasteiger partial charge in [-0.15, -0.1) is 0 Å². The molecular formula is C20H27N5O2. The Balaban J connectivity index is 1.63. The average molecular weight is 369 g/mol. The van der Waals surface area contributed by atoms with Crippen molar-refractivity contribution in [1.82, 2.24) is 15.6 Å². The highest BCUT2D eigenvalue weighted by atomic mass is 16.4. The number of oxazole rings is 1. The van der Waals surface area contributed by atoms with Crippen LogP contribution in [0.1, 0.15) is 36.3 Å². The van der Waals surface area contributed by atoms with Gasteiger partial charge in [0.2, 0.25) is 11.8 Å². The van der Waals surface area contributed by atoms with Crippen molar-refractivity contribution in [3.8, 4) is 0 Å². The molecule has 1 aliphatic heterocycles. The van der Waals surface area contributed by atoms with E-state index < -0.39 is 0 Å². The first kappa shape index (κ1) is 18.9. The van der Waals surface area contributed by atoms with Crippen LogP contribution in [0.25, 0.3) is 0 Å². The SMILES string of the molecule is CCNC(=NCC(=O)N1CCCc2ccccc21)NCc1nc(C)c(C)o1. The van der Waals surface area contributed by atoms with Crippen molar-refractivity contribution < 1.29 is 9.21 Å². The molecule has 0 saturated heterocycles. The van der Waals surface area contributed by atoms with Gasteiger partial charge in [-0.05, 0) is 45.2 Å². The molecule has 2 heterocycles. The predicted molar refractivity (Wildman–Crippen MR) is 106 cm³/mol. The number of guanidine groups is 1. The first-order valence-electron chi connectivity index (χ1n) is 9.42. The molecule has 3 rings (SSSR count). The molecule has 0 fully saturated rings. The Morgan fingerprint density at radius 1 is 1.30 bits per heavy atom. The number of aryl methyl sites for hydroxylation is 3. The van der Waals surface area contributed by atoms with Gasteiger partial charge in [0.1, 0.15) is 12.3 Å². The molecule has 1 aliphatic rings. The topological polar surface area (TPSA) is 82.8 Å². The summed E-state index contributed by atoms with van der Waals surface area (Å²) < 4.78 is 5.57. The van der Waals surface area contributed by atoms with E-state index in [4.69, 9.17) is 4.42 Å². The van der Waals surface area contributed by atoms with E-state index in [0.29, 0.717) is 24.9 Å². The van der Waals surface area contributed by atoms with E-state index in [1.54, 1.807) is 0 Å². The summed E-state index contributed by atoms with van der Waals surface area (Å²) in [5.74, 6) is 1.99. The van der Waals surface area contributed by atoms with Crippen LogP contribution in [0.3, 0.4) is 0 Å². The minimum absolute atomic E-state index is 0.00201. The molecule has 0 saturated carbocycles. The molecule has 2 aromatic rings. The van der Waals surface area contributed by atoms with Crippen LogP contribution >= 0.6 is 0 Å². The fourth-order valence-electron chi connectivity index (χ4n) is 3.14. The molecule has 0 radical (unpaired) electrons. The summed E-state index contributed by atoms with van der Waals surface area (Å²) in [5, 5.41) is 6.32. The zero-order valence-corrected chi connectivity index (χ0v) is 16.2. The van der Waals surface area contributed by atoms with Crippen LogP contribution < -0.4 is 15.5 Å². The molecule has 0 atom stereocenters. The third kappa shape index (κ3) is 4.67. The van der Waals surface area contributed by atoms with Crippen molar-refractivity contribution >= 4 is 17.6 Å². The molecule has 1 aromatic heterocycles. The van der Waals surface area contributed by atoms with E-state index in [1.165, 1.54) is 5.56 Å². The van der Waals surface area contributed by atoms with Crippen LogP contribution in [0, 0.1) is 13.8 Å². The van der Waals surface area contributed by atoms with Gasteiger partial charge in [0.15, 0.2) is 5.96 Å².